The fraction of sp³-hybridized carbons (Fsp3) is 0.917. The van der Waals surface area contributed by atoms with E-state index < -0.39 is 11.6 Å². The quantitative estimate of drug-likeness (QED) is 0.674. The molecule has 17 heavy (non-hydrogen) atoms. The first-order valence-electron chi connectivity index (χ1n) is 6.26. The number of hydrogen-bond acceptors (Lipinski definition) is 5. The third-order valence-electron chi connectivity index (χ3n) is 4.04. The van der Waals surface area contributed by atoms with E-state index in [1.807, 2.05) is 0 Å². The molecule has 2 aliphatic rings. The van der Waals surface area contributed by atoms with Crippen LogP contribution in [0.2, 0.25) is 0 Å². The number of nitrogens with zero attached hydrogens (tertiary/aromatic N) is 1. The van der Waals surface area contributed by atoms with Gasteiger partial charge in [0, 0.05) is 24.7 Å². The minimum Gasteiger partial charge on any atom is -0.467 e. The van der Waals surface area contributed by atoms with Gasteiger partial charge in [0.15, 0.2) is 5.60 Å². The summed E-state index contributed by atoms with van der Waals surface area (Å²) in [7, 11) is 1.30. The molecule has 5 nitrogen and oxygen atoms in total. The minimum atomic E-state index is -1.42. The first kappa shape index (κ1) is 12.8. The van der Waals surface area contributed by atoms with Gasteiger partial charge in [0.2, 0.25) is 0 Å². The zero-order valence-electron chi connectivity index (χ0n) is 10.6. The second-order valence-corrected chi connectivity index (χ2v) is 5.55. The Morgan fingerprint density at radius 3 is 2.47 bits per heavy atom. The fourth-order valence-electron chi connectivity index (χ4n) is 3.21. The molecule has 2 bridgehead atoms. The zero-order chi connectivity index (χ0) is 12.6. The van der Waals surface area contributed by atoms with Crippen LogP contribution < -0.4 is 5.73 Å². The van der Waals surface area contributed by atoms with E-state index in [4.69, 9.17) is 5.73 Å². The number of ether oxygens (including phenoxy) is 1. The maximum atomic E-state index is 11.5. The van der Waals surface area contributed by atoms with Crippen molar-refractivity contribution in [2.45, 2.75) is 56.3 Å². The van der Waals surface area contributed by atoms with Crippen LogP contribution in [0.1, 0.15) is 32.6 Å². The zero-order valence-corrected chi connectivity index (χ0v) is 10.6. The van der Waals surface area contributed by atoms with Gasteiger partial charge in [-0.05, 0) is 32.6 Å². The standard InChI is InChI=1S/C12H22N2O3/c1-12(16,11(15)17-2)7-14-9-3-4-10(14)6-8(13)5-9/h8-10,16H,3-7,13H2,1-2H3. The van der Waals surface area contributed by atoms with E-state index >= 15 is 0 Å². The summed E-state index contributed by atoms with van der Waals surface area (Å²) in [6, 6.07) is 1.10. The smallest absolute Gasteiger partial charge is 0.338 e. The fourth-order valence-corrected chi connectivity index (χ4v) is 3.21. The Morgan fingerprint density at radius 1 is 1.47 bits per heavy atom. The van der Waals surface area contributed by atoms with Gasteiger partial charge in [-0.1, -0.05) is 0 Å². The molecule has 2 heterocycles. The van der Waals surface area contributed by atoms with Crippen molar-refractivity contribution in [3.05, 3.63) is 0 Å². The Kier molecular flexibility index (Phi) is 3.43. The van der Waals surface area contributed by atoms with Gasteiger partial charge in [0.1, 0.15) is 0 Å². The summed E-state index contributed by atoms with van der Waals surface area (Å²) in [6.07, 6.45) is 4.17. The van der Waals surface area contributed by atoms with Gasteiger partial charge in [-0.3, -0.25) is 4.90 Å². The summed E-state index contributed by atoms with van der Waals surface area (Å²) in [5.41, 5.74) is 4.57. The van der Waals surface area contributed by atoms with E-state index in [-0.39, 0.29) is 6.04 Å². The highest BCUT2D eigenvalue weighted by molar-refractivity contribution is 5.78. The lowest BCUT2D eigenvalue weighted by molar-refractivity contribution is -0.163. The predicted molar refractivity (Wildman–Crippen MR) is 63.4 cm³/mol. The summed E-state index contributed by atoms with van der Waals surface area (Å²) in [4.78, 5) is 13.7. The highest BCUT2D eigenvalue weighted by Crippen LogP contribution is 2.36. The molecule has 2 saturated heterocycles. The maximum absolute atomic E-state index is 11.5. The van der Waals surface area contributed by atoms with E-state index in [2.05, 4.69) is 9.64 Å². The number of piperidine rings is 1. The molecule has 0 saturated carbocycles. The van der Waals surface area contributed by atoms with E-state index in [0.29, 0.717) is 18.6 Å². The van der Waals surface area contributed by atoms with Crippen molar-refractivity contribution < 1.29 is 14.6 Å². The summed E-state index contributed by atoms with van der Waals surface area (Å²) in [5, 5.41) is 10.1. The molecule has 5 heteroatoms. The second kappa shape index (κ2) is 4.55. The van der Waals surface area contributed by atoms with Crippen LogP contribution >= 0.6 is 0 Å². The van der Waals surface area contributed by atoms with Gasteiger partial charge in [-0.2, -0.15) is 0 Å². The van der Waals surface area contributed by atoms with Crippen molar-refractivity contribution in [3.8, 4) is 0 Å². The number of aliphatic hydroxyl groups is 1. The number of rotatable bonds is 3. The summed E-state index contributed by atoms with van der Waals surface area (Å²) >= 11 is 0. The molecule has 0 aromatic rings. The third kappa shape index (κ3) is 2.46. The number of hydrogen-bond donors (Lipinski definition) is 2. The van der Waals surface area contributed by atoms with Gasteiger partial charge in [-0.25, -0.2) is 4.79 Å². The van der Waals surface area contributed by atoms with Gasteiger partial charge >= 0.3 is 5.97 Å². The molecule has 0 aromatic heterocycles. The monoisotopic (exact) mass is 242 g/mol. The van der Waals surface area contributed by atoms with Gasteiger partial charge < -0.3 is 15.6 Å². The molecule has 3 unspecified atom stereocenters. The van der Waals surface area contributed by atoms with E-state index in [1.54, 1.807) is 0 Å². The highest BCUT2D eigenvalue weighted by atomic mass is 16.5. The Labute approximate surface area is 102 Å². The van der Waals surface area contributed by atoms with Crippen molar-refractivity contribution in [2.24, 2.45) is 5.73 Å². The van der Waals surface area contributed by atoms with Crippen LogP contribution in [0.3, 0.4) is 0 Å². The number of fused-ring (bicyclic) bond motifs is 2. The lowest BCUT2D eigenvalue weighted by atomic mass is 9.95. The number of nitrogens with two attached hydrogens (primary N) is 1. The van der Waals surface area contributed by atoms with Crippen molar-refractivity contribution in [2.75, 3.05) is 13.7 Å². The first-order chi connectivity index (χ1) is 7.94. The highest BCUT2D eigenvalue weighted by Gasteiger charge is 2.44. The number of methoxy groups -OCH3 is 1. The SMILES string of the molecule is COC(=O)C(C)(O)CN1C2CCC1CC(N)C2. The van der Waals surface area contributed by atoms with Gasteiger partial charge in [-0.15, -0.1) is 0 Å². The number of carbonyl (C=O) groups is 1. The Morgan fingerprint density at radius 2 is 2.00 bits per heavy atom. The molecule has 0 amide bonds. The molecule has 2 aliphatic heterocycles. The summed E-state index contributed by atoms with van der Waals surface area (Å²) in [5.74, 6) is -0.563. The molecule has 3 atom stereocenters. The van der Waals surface area contributed by atoms with Gasteiger partial charge in [0.25, 0.3) is 0 Å². The normalized spacial score (nSPS) is 36.6. The lowest BCUT2D eigenvalue weighted by Crippen LogP contribution is -2.55. The summed E-state index contributed by atoms with van der Waals surface area (Å²) in [6.45, 7) is 1.87. The Hall–Kier alpha value is -0.650. The van der Waals surface area contributed by atoms with Crippen molar-refractivity contribution in [1.29, 1.82) is 0 Å². The van der Waals surface area contributed by atoms with Crippen molar-refractivity contribution >= 4 is 5.97 Å². The van der Waals surface area contributed by atoms with Crippen LogP contribution in [0, 0.1) is 0 Å². The average molecular weight is 242 g/mol. The minimum absolute atomic E-state index is 0.270. The van der Waals surface area contributed by atoms with Gasteiger partial charge in [0.05, 0.1) is 7.11 Å². The van der Waals surface area contributed by atoms with E-state index in [0.717, 1.165) is 25.7 Å². The number of carbonyl (C=O) groups excluding carboxylic acids is 1. The molecule has 0 aliphatic carbocycles. The average Bonchev–Trinajstić information content (AvgIpc) is 2.51. The van der Waals surface area contributed by atoms with E-state index in [9.17, 15) is 9.90 Å². The van der Waals surface area contributed by atoms with Crippen LogP contribution in [0.25, 0.3) is 0 Å². The van der Waals surface area contributed by atoms with Crippen LogP contribution in [-0.4, -0.2) is 53.4 Å². The Bertz CT molecular complexity index is 292. The summed E-state index contributed by atoms with van der Waals surface area (Å²) < 4.78 is 4.63. The molecule has 2 fully saturated rings. The maximum Gasteiger partial charge on any atom is 0.338 e. The van der Waals surface area contributed by atoms with Crippen LogP contribution in [0.15, 0.2) is 0 Å². The van der Waals surface area contributed by atoms with Crippen LogP contribution in [0.5, 0.6) is 0 Å². The Balaban J connectivity index is 2.03. The molecule has 0 aromatic carbocycles. The van der Waals surface area contributed by atoms with Crippen molar-refractivity contribution in [1.82, 2.24) is 4.90 Å². The molecule has 3 N–H and O–H groups in total. The van der Waals surface area contributed by atoms with Crippen LogP contribution in [0.4, 0.5) is 0 Å². The topological polar surface area (TPSA) is 75.8 Å². The predicted octanol–water partition coefficient (Wildman–Crippen LogP) is -0.135. The van der Waals surface area contributed by atoms with Crippen LogP contribution in [-0.2, 0) is 9.53 Å². The first-order valence-corrected chi connectivity index (χ1v) is 6.26. The second-order valence-electron chi connectivity index (χ2n) is 5.55. The molecular weight excluding hydrogens is 220 g/mol. The molecule has 0 radical (unpaired) electrons. The number of esters is 1. The van der Waals surface area contributed by atoms with E-state index in [1.165, 1.54) is 14.0 Å². The molecular formula is C12H22N2O3. The molecule has 0 spiro atoms. The molecule has 2 rings (SSSR count). The largest absolute Gasteiger partial charge is 0.467 e. The third-order valence-corrected chi connectivity index (χ3v) is 4.04. The van der Waals surface area contributed by atoms with Crippen molar-refractivity contribution in [3.63, 3.8) is 0 Å². The lowest BCUT2D eigenvalue weighted by Gasteiger charge is -2.40. The molecule has 98 valence electrons.